The van der Waals surface area contributed by atoms with Crippen molar-refractivity contribution in [3.05, 3.63) is 60.9 Å². The first-order valence-corrected chi connectivity index (χ1v) is 8.27. The van der Waals surface area contributed by atoms with Crippen LogP contribution in [0.5, 0.6) is 0 Å². The first-order chi connectivity index (χ1) is 11.9. The fourth-order valence-corrected chi connectivity index (χ4v) is 2.95. The summed E-state index contributed by atoms with van der Waals surface area (Å²) in [7, 11) is 0. The van der Waals surface area contributed by atoms with Gasteiger partial charge in [-0.1, -0.05) is 12.1 Å². The molecule has 1 aromatic carbocycles. The fourth-order valence-electron chi connectivity index (χ4n) is 2.95. The van der Waals surface area contributed by atoms with Crippen molar-refractivity contribution in [2.75, 3.05) is 23.3 Å². The number of aromatic nitrogens is 4. The Morgan fingerprint density at radius 1 is 1.04 bits per heavy atom. The number of nitrogens with one attached hydrogen (secondary N) is 1. The number of imidazole rings is 1. The number of nitrogens with zero attached hydrogens (tertiary/aromatic N) is 5. The van der Waals surface area contributed by atoms with Crippen LogP contribution in [0, 0.1) is 0 Å². The molecule has 6 nitrogen and oxygen atoms in total. The largest absolute Gasteiger partial charge is 0.366 e. The van der Waals surface area contributed by atoms with Crippen molar-refractivity contribution in [3.8, 4) is 5.69 Å². The summed E-state index contributed by atoms with van der Waals surface area (Å²) < 4.78 is 1.99. The van der Waals surface area contributed by atoms with Crippen LogP contribution in [0.15, 0.2) is 55.4 Å². The van der Waals surface area contributed by atoms with E-state index in [-0.39, 0.29) is 0 Å². The molecule has 6 heteroatoms. The molecule has 1 aliphatic rings. The van der Waals surface area contributed by atoms with Gasteiger partial charge in [-0.05, 0) is 30.5 Å². The smallest absolute Gasteiger partial charge is 0.134 e. The maximum Gasteiger partial charge on any atom is 0.134 e. The highest BCUT2D eigenvalue weighted by Gasteiger charge is 2.13. The molecule has 0 spiro atoms. The minimum absolute atomic E-state index is 0.737. The number of hydrogen-bond acceptors (Lipinski definition) is 5. The van der Waals surface area contributed by atoms with Crippen LogP contribution in [0.25, 0.3) is 5.69 Å². The van der Waals surface area contributed by atoms with E-state index < -0.39 is 0 Å². The maximum atomic E-state index is 4.38. The van der Waals surface area contributed by atoms with Gasteiger partial charge in [-0.25, -0.2) is 15.0 Å². The maximum absolute atomic E-state index is 4.38. The molecule has 0 bridgehead atoms. The van der Waals surface area contributed by atoms with Crippen LogP contribution in [0.4, 0.5) is 11.6 Å². The molecule has 2 aromatic heterocycles. The van der Waals surface area contributed by atoms with Crippen LogP contribution in [-0.4, -0.2) is 32.6 Å². The van der Waals surface area contributed by atoms with Crippen molar-refractivity contribution < 1.29 is 0 Å². The highest BCUT2D eigenvalue weighted by atomic mass is 15.2. The Hall–Kier alpha value is -2.89. The van der Waals surface area contributed by atoms with E-state index >= 15 is 0 Å². The van der Waals surface area contributed by atoms with Crippen LogP contribution in [0.3, 0.4) is 0 Å². The van der Waals surface area contributed by atoms with Crippen molar-refractivity contribution in [3.63, 3.8) is 0 Å². The summed E-state index contributed by atoms with van der Waals surface area (Å²) in [6.07, 6.45) is 9.65. The molecule has 3 heterocycles. The standard InChI is InChI=1S/C18H20N6/c1-2-9-23(8-1)18-11-17(21-13-22-18)20-12-15-3-5-16(6-4-15)24-10-7-19-14-24/h3-7,10-11,13-14H,1-2,8-9,12H2,(H,20,21,22). The van der Waals surface area contributed by atoms with E-state index in [2.05, 4.69) is 49.4 Å². The van der Waals surface area contributed by atoms with E-state index in [4.69, 9.17) is 0 Å². The molecule has 1 fully saturated rings. The molecule has 0 saturated carbocycles. The predicted molar refractivity (Wildman–Crippen MR) is 94.4 cm³/mol. The molecule has 3 aromatic rings. The van der Waals surface area contributed by atoms with E-state index in [9.17, 15) is 0 Å². The van der Waals surface area contributed by atoms with Crippen molar-refractivity contribution >= 4 is 11.6 Å². The van der Waals surface area contributed by atoms with E-state index in [1.165, 1.54) is 18.4 Å². The molecule has 122 valence electrons. The summed E-state index contributed by atoms with van der Waals surface area (Å²) in [4.78, 5) is 15.1. The SMILES string of the molecule is c1cn(-c2ccc(CNc3cc(N4CCCC4)ncn3)cc2)cn1. The van der Waals surface area contributed by atoms with Gasteiger partial charge in [-0.2, -0.15) is 0 Å². The number of rotatable bonds is 5. The van der Waals surface area contributed by atoms with E-state index in [0.717, 1.165) is 37.0 Å². The van der Waals surface area contributed by atoms with Crippen LogP contribution in [0.1, 0.15) is 18.4 Å². The first kappa shape index (κ1) is 14.7. The minimum Gasteiger partial charge on any atom is -0.366 e. The normalized spacial score (nSPS) is 14.1. The number of anilines is 2. The quantitative estimate of drug-likeness (QED) is 0.783. The summed E-state index contributed by atoms with van der Waals surface area (Å²) in [5.41, 5.74) is 2.31. The van der Waals surface area contributed by atoms with Gasteiger partial charge in [0, 0.05) is 43.8 Å². The van der Waals surface area contributed by atoms with Crippen molar-refractivity contribution in [1.82, 2.24) is 19.5 Å². The second-order valence-corrected chi connectivity index (χ2v) is 5.95. The van der Waals surface area contributed by atoms with Gasteiger partial charge in [-0.3, -0.25) is 0 Å². The molecule has 0 unspecified atom stereocenters. The Labute approximate surface area is 141 Å². The Morgan fingerprint density at radius 3 is 2.62 bits per heavy atom. The lowest BCUT2D eigenvalue weighted by Crippen LogP contribution is -2.19. The van der Waals surface area contributed by atoms with Gasteiger partial charge >= 0.3 is 0 Å². The summed E-state index contributed by atoms with van der Waals surface area (Å²) in [5, 5.41) is 3.38. The monoisotopic (exact) mass is 320 g/mol. The van der Waals surface area contributed by atoms with E-state index in [1.54, 1.807) is 18.9 Å². The molecule has 4 rings (SSSR count). The zero-order chi connectivity index (χ0) is 16.2. The topological polar surface area (TPSA) is 58.9 Å². The molecule has 0 atom stereocenters. The number of benzene rings is 1. The first-order valence-electron chi connectivity index (χ1n) is 8.27. The van der Waals surface area contributed by atoms with Gasteiger partial charge in [-0.15, -0.1) is 0 Å². The zero-order valence-corrected chi connectivity index (χ0v) is 13.5. The van der Waals surface area contributed by atoms with Crippen LogP contribution >= 0.6 is 0 Å². The predicted octanol–water partition coefficient (Wildman–Crippen LogP) is 2.87. The Morgan fingerprint density at radius 2 is 1.88 bits per heavy atom. The highest BCUT2D eigenvalue weighted by molar-refractivity contribution is 5.49. The van der Waals surface area contributed by atoms with Gasteiger partial charge in [0.25, 0.3) is 0 Å². The molecule has 24 heavy (non-hydrogen) atoms. The molecular formula is C18H20N6. The van der Waals surface area contributed by atoms with Gasteiger partial charge in [0.15, 0.2) is 0 Å². The second kappa shape index (κ2) is 6.70. The average Bonchev–Trinajstić information content (AvgIpc) is 3.34. The third-order valence-electron chi connectivity index (χ3n) is 4.30. The minimum atomic E-state index is 0.737. The van der Waals surface area contributed by atoms with Crippen LogP contribution in [-0.2, 0) is 6.54 Å². The molecular weight excluding hydrogens is 300 g/mol. The summed E-state index contributed by atoms with van der Waals surface area (Å²) in [5.74, 6) is 1.88. The third kappa shape index (κ3) is 3.22. The summed E-state index contributed by atoms with van der Waals surface area (Å²) in [6.45, 7) is 2.92. The summed E-state index contributed by atoms with van der Waals surface area (Å²) in [6, 6.07) is 10.4. The fraction of sp³-hybridized carbons (Fsp3) is 0.278. The van der Waals surface area contributed by atoms with E-state index in [1.807, 2.05) is 16.8 Å². The van der Waals surface area contributed by atoms with Crippen molar-refractivity contribution in [1.29, 1.82) is 0 Å². The van der Waals surface area contributed by atoms with Gasteiger partial charge in [0.2, 0.25) is 0 Å². The Bertz CT molecular complexity index is 776. The van der Waals surface area contributed by atoms with Gasteiger partial charge in [0.05, 0.1) is 6.33 Å². The van der Waals surface area contributed by atoms with Crippen LogP contribution < -0.4 is 10.2 Å². The third-order valence-corrected chi connectivity index (χ3v) is 4.30. The van der Waals surface area contributed by atoms with Crippen molar-refractivity contribution in [2.45, 2.75) is 19.4 Å². The Balaban J connectivity index is 1.40. The van der Waals surface area contributed by atoms with Gasteiger partial charge in [0.1, 0.15) is 18.0 Å². The molecule has 1 N–H and O–H groups in total. The zero-order valence-electron chi connectivity index (χ0n) is 13.5. The second-order valence-electron chi connectivity index (χ2n) is 5.95. The highest BCUT2D eigenvalue weighted by Crippen LogP contribution is 2.19. The average molecular weight is 320 g/mol. The van der Waals surface area contributed by atoms with Crippen LogP contribution in [0.2, 0.25) is 0 Å². The van der Waals surface area contributed by atoms with E-state index in [0.29, 0.717) is 0 Å². The molecule has 1 saturated heterocycles. The molecule has 0 radical (unpaired) electrons. The number of hydrogen-bond donors (Lipinski definition) is 1. The lowest BCUT2D eigenvalue weighted by atomic mass is 10.2. The van der Waals surface area contributed by atoms with Crippen molar-refractivity contribution in [2.24, 2.45) is 0 Å². The summed E-state index contributed by atoms with van der Waals surface area (Å²) >= 11 is 0. The molecule has 0 amide bonds. The lowest BCUT2D eigenvalue weighted by molar-refractivity contribution is 0.925. The lowest BCUT2D eigenvalue weighted by Gasteiger charge is -2.16. The molecule has 1 aliphatic heterocycles. The van der Waals surface area contributed by atoms with Gasteiger partial charge < -0.3 is 14.8 Å². The Kier molecular flexibility index (Phi) is 4.10. The molecule has 0 aliphatic carbocycles.